The minimum Gasteiger partial charge on any atom is -0.494 e. The van der Waals surface area contributed by atoms with E-state index in [1.54, 1.807) is 12.1 Å². The van der Waals surface area contributed by atoms with Crippen LogP contribution in [0, 0.1) is 5.82 Å². The Balaban J connectivity index is 0.000000482. The second-order valence-electron chi connectivity index (χ2n) is 9.72. The summed E-state index contributed by atoms with van der Waals surface area (Å²) in [6, 6.07) is 15.3. The van der Waals surface area contributed by atoms with Crippen LogP contribution in [0.5, 0.6) is 5.75 Å². The second kappa shape index (κ2) is 16.7. The van der Waals surface area contributed by atoms with Crippen molar-refractivity contribution in [1.29, 1.82) is 0 Å². The molecule has 2 N–H and O–H groups in total. The van der Waals surface area contributed by atoms with Crippen molar-refractivity contribution >= 4 is 34.6 Å². The molecule has 1 saturated heterocycles. The summed E-state index contributed by atoms with van der Waals surface area (Å²) in [6.07, 6.45) is 8.25. The largest absolute Gasteiger partial charge is 0.494 e. The average Bonchev–Trinajstić information content (AvgIpc) is 2.96. The topological polar surface area (TPSA) is 103 Å². The number of nitrogens with zero attached hydrogens (tertiary/aromatic N) is 3. The summed E-state index contributed by atoms with van der Waals surface area (Å²) in [5.41, 5.74) is 2.47. The summed E-state index contributed by atoms with van der Waals surface area (Å²) in [5.74, 6) is -0.964. The number of aliphatic carboxylic acids is 2. The number of carbonyl (C=O) groups is 2. The van der Waals surface area contributed by atoms with Crippen molar-refractivity contribution < 1.29 is 28.9 Å². The third-order valence-corrected chi connectivity index (χ3v) is 7.88. The van der Waals surface area contributed by atoms with E-state index in [1.807, 2.05) is 11.8 Å². The van der Waals surface area contributed by atoms with Crippen LogP contribution in [0.1, 0.15) is 44.1 Å². The lowest BCUT2D eigenvalue weighted by molar-refractivity contribution is -0.134. The lowest BCUT2D eigenvalue weighted by Gasteiger charge is -2.38. The number of ether oxygens (including phenoxy) is 1. The molecule has 0 atom stereocenters. The van der Waals surface area contributed by atoms with Gasteiger partial charge in [0, 0.05) is 44.1 Å². The van der Waals surface area contributed by atoms with Crippen molar-refractivity contribution in [2.24, 2.45) is 4.99 Å². The molecule has 2 heterocycles. The van der Waals surface area contributed by atoms with Crippen molar-refractivity contribution in [3.05, 3.63) is 72.1 Å². The van der Waals surface area contributed by atoms with Gasteiger partial charge < -0.3 is 24.7 Å². The van der Waals surface area contributed by atoms with E-state index in [0.29, 0.717) is 24.8 Å². The number of likely N-dealkylation sites (tertiary alicyclic amines) is 1. The second-order valence-corrected chi connectivity index (χ2v) is 10.7. The number of aliphatic imine (C=N–C) groups is 1. The maximum absolute atomic E-state index is 12.9. The van der Waals surface area contributed by atoms with Crippen molar-refractivity contribution in [3.63, 3.8) is 0 Å². The molecule has 0 aromatic heterocycles. The molecular weight excluding hydrogens is 533 g/mol. The lowest BCUT2D eigenvalue weighted by atomic mass is 10.0. The van der Waals surface area contributed by atoms with E-state index >= 15 is 0 Å². The zero-order valence-corrected chi connectivity index (χ0v) is 23.7. The number of piperidine rings is 1. The number of para-hydroxylation sites is 1. The highest BCUT2D eigenvalue weighted by molar-refractivity contribution is 8.13. The van der Waals surface area contributed by atoms with Gasteiger partial charge in [0.1, 0.15) is 11.6 Å². The van der Waals surface area contributed by atoms with Gasteiger partial charge in [-0.1, -0.05) is 42.8 Å². The molecule has 0 unspecified atom stereocenters. The summed E-state index contributed by atoms with van der Waals surface area (Å²) in [4.78, 5) is 29.1. The normalized spacial score (nSPS) is 15.5. The first-order valence-electron chi connectivity index (χ1n) is 13.6. The third-order valence-electron chi connectivity index (χ3n) is 6.79. The van der Waals surface area contributed by atoms with Crippen molar-refractivity contribution in [3.8, 4) is 5.75 Å². The summed E-state index contributed by atoms with van der Waals surface area (Å²) in [5, 5.41) is 16.8. The molecule has 0 spiro atoms. The average molecular weight is 572 g/mol. The maximum atomic E-state index is 12.9. The van der Waals surface area contributed by atoms with E-state index in [4.69, 9.17) is 19.9 Å². The fraction of sp³-hybridized carbons (Fsp3) is 0.433. The molecule has 40 heavy (non-hydrogen) atoms. The van der Waals surface area contributed by atoms with Gasteiger partial charge in [0.25, 0.3) is 0 Å². The minimum atomic E-state index is -1.26. The molecule has 2 aromatic carbocycles. The van der Waals surface area contributed by atoms with Gasteiger partial charge >= 0.3 is 11.9 Å². The van der Waals surface area contributed by atoms with Crippen LogP contribution in [0.25, 0.3) is 0 Å². The number of halogens is 1. The van der Waals surface area contributed by atoms with Crippen molar-refractivity contribution in [1.82, 2.24) is 9.80 Å². The Morgan fingerprint density at radius 3 is 2.35 bits per heavy atom. The number of amidine groups is 1. The summed E-state index contributed by atoms with van der Waals surface area (Å²) in [7, 11) is 2.22. The molecule has 0 saturated carbocycles. The zero-order chi connectivity index (χ0) is 28.7. The van der Waals surface area contributed by atoms with Gasteiger partial charge in [-0.25, -0.2) is 19.0 Å². The zero-order valence-electron chi connectivity index (χ0n) is 22.9. The molecule has 0 amide bonds. The summed E-state index contributed by atoms with van der Waals surface area (Å²) >= 11 is 1.87. The van der Waals surface area contributed by atoms with Crippen LogP contribution in [0.2, 0.25) is 0 Å². The Morgan fingerprint density at radius 2 is 1.68 bits per heavy atom. The third kappa shape index (κ3) is 11.0. The van der Waals surface area contributed by atoms with Crippen molar-refractivity contribution in [2.45, 2.75) is 50.3 Å². The molecule has 2 aliphatic rings. The fourth-order valence-corrected chi connectivity index (χ4v) is 5.59. The van der Waals surface area contributed by atoms with E-state index in [1.165, 1.54) is 74.6 Å². The van der Waals surface area contributed by atoms with Crippen LogP contribution in [0.15, 0.2) is 65.7 Å². The van der Waals surface area contributed by atoms with Crippen LogP contribution < -0.4 is 4.74 Å². The molecule has 1 fully saturated rings. The first-order valence-corrected chi connectivity index (χ1v) is 14.6. The highest BCUT2D eigenvalue weighted by atomic mass is 32.2. The number of carboxylic acid groups (broad SMARTS) is 2. The first kappa shape index (κ1) is 31.2. The van der Waals surface area contributed by atoms with Gasteiger partial charge in [0.2, 0.25) is 0 Å². The Kier molecular flexibility index (Phi) is 13.0. The quantitative estimate of drug-likeness (QED) is 0.257. The molecular formula is C30H38FN3O5S. The van der Waals surface area contributed by atoms with Gasteiger partial charge in [0.05, 0.1) is 12.3 Å². The molecule has 8 nitrogen and oxygen atoms in total. The van der Waals surface area contributed by atoms with Crippen LogP contribution in [-0.2, 0) is 15.3 Å². The number of hydrogen-bond donors (Lipinski definition) is 2. The van der Waals surface area contributed by atoms with Crippen LogP contribution >= 0.6 is 11.8 Å². The Morgan fingerprint density at radius 1 is 1.02 bits per heavy atom. The van der Waals surface area contributed by atoms with E-state index in [2.05, 4.69) is 41.1 Å². The predicted octanol–water partition coefficient (Wildman–Crippen LogP) is 5.81. The minimum absolute atomic E-state index is 0.222. The highest BCUT2D eigenvalue weighted by Crippen LogP contribution is 2.33. The molecule has 216 valence electrons. The van der Waals surface area contributed by atoms with Crippen molar-refractivity contribution in [2.75, 3.05) is 33.3 Å². The Labute approximate surface area is 239 Å². The molecule has 2 aromatic rings. The van der Waals surface area contributed by atoms with E-state index < -0.39 is 11.9 Å². The summed E-state index contributed by atoms with van der Waals surface area (Å²) < 4.78 is 18.6. The number of fused-ring (bicyclic) bond motifs is 1. The molecule has 2 aliphatic heterocycles. The first-order chi connectivity index (χ1) is 19.3. The summed E-state index contributed by atoms with van der Waals surface area (Å²) in [6.45, 7) is 4.25. The smallest absolute Gasteiger partial charge is 0.328 e. The molecule has 0 aliphatic carbocycles. The Bertz CT molecular complexity index is 1130. The van der Waals surface area contributed by atoms with Gasteiger partial charge in [0.15, 0.2) is 5.17 Å². The maximum Gasteiger partial charge on any atom is 0.328 e. The lowest BCUT2D eigenvalue weighted by Crippen LogP contribution is -2.45. The molecule has 10 heteroatoms. The SMILES string of the molecule is CN(C1=Nc2ccccc2CS1)C1CCN(CCCCCCOc2ccc(F)cc2)CC1.O=C(O)C=CC(=O)O. The number of unbranched alkanes of at least 4 members (excludes halogenated alkanes) is 3. The highest BCUT2D eigenvalue weighted by Gasteiger charge is 2.26. The fourth-order valence-electron chi connectivity index (χ4n) is 4.54. The monoisotopic (exact) mass is 571 g/mol. The predicted molar refractivity (Wildman–Crippen MR) is 157 cm³/mol. The molecule has 0 bridgehead atoms. The number of hydrogen-bond acceptors (Lipinski definition) is 7. The van der Waals surface area contributed by atoms with E-state index in [0.717, 1.165) is 23.6 Å². The Hall–Kier alpha value is -3.37. The van der Waals surface area contributed by atoms with Gasteiger partial charge in [-0.2, -0.15) is 0 Å². The van der Waals surface area contributed by atoms with Crippen LogP contribution in [-0.4, -0.2) is 76.4 Å². The number of rotatable bonds is 11. The molecule has 0 radical (unpaired) electrons. The number of benzene rings is 2. The molecule has 4 rings (SSSR count). The number of thioether (sulfide) groups is 1. The van der Waals surface area contributed by atoms with Gasteiger partial charge in [-0.3, -0.25) is 0 Å². The number of carboxylic acids is 2. The van der Waals surface area contributed by atoms with Gasteiger partial charge in [-0.15, -0.1) is 0 Å². The van der Waals surface area contributed by atoms with Crippen LogP contribution in [0.3, 0.4) is 0 Å². The van der Waals surface area contributed by atoms with E-state index in [-0.39, 0.29) is 5.82 Å². The standard InChI is InChI=1S/C26H34FN3OS.C4H4O4/c1-29(26-28-25-9-5-4-8-21(25)20-32-26)23-14-17-30(18-15-23)16-6-2-3-7-19-31-24-12-10-22(27)11-13-24;5-3(6)1-2-4(7)8/h4-5,8-13,23H,2-3,6-7,14-20H2,1H3;1-2H,(H,5,6)(H,7,8). The van der Waals surface area contributed by atoms with E-state index in [9.17, 15) is 14.0 Å². The van der Waals surface area contributed by atoms with Gasteiger partial charge in [-0.05, 0) is 68.1 Å². The van der Waals surface area contributed by atoms with Crippen LogP contribution in [0.4, 0.5) is 10.1 Å².